The van der Waals surface area contributed by atoms with E-state index < -0.39 is 38.6 Å². The Bertz CT molecular complexity index is 977. The number of ether oxygens (including phenoxy) is 1. The van der Waals surface area contributed by atoms with E-state index in [4.69, 9.17) is 4.74 Å². The van der Waals surface area contributed by atoms with Gasteiger partial charge in [0.25, 0.3) is 0 Å². The van der Waals surface area contributed by atoms with Crippen molar-refractivity contribution in [1.29, 1.82) is 0 Å². The molecule has 1 amide bonds. The van der Waals surface area contributed by atoms with Crippen LogP contribution in [0.3, 0.4) is 0 Å². The Labute approximate surface area is 167 Å². The van der Waals surface area contributed by atoms with Gasteiger partial charge in [0.2, 0.25) is 15.9 Å². The Hall–Kier alpha value is -2.59. The molecule has 2 rings (SSSR count). The minimum Gasteiger partial charge on any atom is -0.496 e. The number of benzene rings is 2. The molecule has 0 aliphatic carbocycles. The standard InChI is InChI=1S/C19H21F3N2O4S/c1-13(18(25)24(2)12-14-7-4-5-10-17(14)28-3)23-29(26,27)16-9-6-8-15(11-16)19(20,21)22/h4-11,13,23H,12H2,1-3H3. The van der Waals surface area contributed by atoms with Gasteiger partial charge in [-0.1, -0.05) is 24.3 Å². The molecule has 29 heavy (non-hydrogen) atoms. The summed E-state index contributed by atoms with van der Waals surface area (Å²) in [5, 5.41) is 0. The number of hydrogen-bond donors (Lipinski definition) is 1. The Kier molecular flexibility index (Phi) is 6.91. The van der Waals surface area contributed by atoms with E-state index in [2.05, 4.69) is 4.72 Å². The van der Waals surface area contributed by atoms with Gasteiger partial charge in [0.1, 0.15) is 5.75 Å². The van der Waals surface area contributed by atoms with Crippen LogP contribution in [0.2, 0.25) is 0 Å². The SMILES string of the molecule is COc1ccccc1CN(C)C(=O)C(C)NS(=O)(=O)c1cccc(C(F)(F)F)c1. The first kappa shape index (κ1) is 22.7. The number of para-hydroxylation sites is 1. The van der Waals surface area contributed by atoms with Crippen LogP contribution in [0, 0.1) is 0 Å². The summed E-state index contributed by atoms with van der Waals surface area (Å²) in [5.41, 5.74) is -0.369. The number of carbonyl (C=O) groups excluding carboxylic acids is 1. The van der Waals surface area contributed by atoms with Gasteiger partial charge < -0.3 is 9.64 Å². The number of amides is 1. The molecule has 1 atom stereocenters. The number of alkyl halides is 3. The molecular weight excluding hydrogens is 409 g/mol. The number of likely N-dealkylation sites (N-methyl/N-ethyl adjacent to an activating group) is 1. The maximum absolute atomic E-state index is 12.8. The first-order valence-electron chi connectivity index (χ1n) is 8.52. The number of sulfonamides is 1. The third-order valence-electron chi connectivity index (χ3n) is 4.15. The highest BCUT2D eigenvalue weighted by Crippen LogP contribution is 2.30. The van der Waals surface area contributed by atoms with Gasteiger partial charge in [-0.25, -0.2) is 8.42 Å². The van der Waals surface area contributed by atoms with Crippen LogP contribution >= 0.6 is 0 Å². The number of nitrogens with zero attached hydrogens (tertiary/aromatic N) is 1. The molecular formula is C19H21F3N2O4S. The number of nitrogens with one attached hydrogen (secondary N) is 1. The minimum atomic E-state index is -4.68. The fourth-order valence-corrected chi connectivity index (χ4v) is 3.93. The van der Waals surface area contributed by atoms with E-state index in [1.54, 1.807) is 24.3 Å². The Morgan fingerprint density at radius 1 is 1.17 bits per heavy atom. The van der Waals surface area contributed by atoms with Gasteiger partial charge in [-0.05, 0) is 31.2 Å². The second kappa shape index (κ2) is 8.83. The summed E-state index contributed by atoms with van der Waals surface area (Å²) in [6, 6.07) is 9.19. The fourth-order valence-electron chi connectivity index (χ4n) is 2.69. The number of halogens is 3. The van der Waals surface area contributed by atoms with Crippen LogP contribution in [0.5, 0.6) is 5.75 Å². The van der Waals surface area contributed by atoms with Crippen molar-refractivity contribution < 1.29 is 31.1 Å². The zero-order valence-electron chi connectivity index (χ0n) is 16.0. The largest absolute Gasteiger partial charge is 0.496 e. The van der Waals surface area contributed by atoms with E-state index >= 15 is 0 Å². The molecule has 1 N–H and O–H groups in total. The van der Waals surface area contributed by atoms with Gasteiger partial charge in [-0.3, -0.25) is 4.79 Å². The molecule has 1 unspecified atom stereocenters. The summed E-state index contributed by atoms with van der Waals surface area (Å²) in [6.45, 7) is 1.49. The highest BCUT2D eigenvalue weighted by atomic mass is 32.2. The molecule has 0 saturated carbocycles. The van der Waals surface area contributed by atoms with E-state index in [1.165, 1.54) is 26.0 Å². The molecule has 10 heteroatoms. The van der Waals surface area contributed by atoms with E-state index in [0.29, 0.717) is 11.8 Å². The van der Waals surface area contributed by atoms with Crippen molar-refractivity contribution in [1.82, 2.24) is 9.62 Å². The molecule has 0 saturated heterocycles. The van der Waals surface area contributed by atoms with Crippen molar-refractivity contribution in [3.8, 4) is 5.75 Å². The molecule has 2 aromatic rings. The zero-order valence-corrected chi connectivity index (χ0v) is 16.8. The van der Waals surface area contributed by atoms with E-state index in [1.807, 2.05) is 0 Å². The van der Waals surface area contributed by atoms with Crippen molar-refractivity contribution in [3.05, 3.63) is 59.7 Å². The topological polar surface area (TPSA) is 75.7 Å². The van der Waals surface area contributed by atoms with Gasteiger partial charge in [0.15, 0.2) is 0 Å². The number of hydrogen-bond acceptors (Lipinski definition) is 4. The van der Waals surface area contributed by atoms with Crippen molar-refractivity contribution >= 4 is 15.9 Å². The lowest BCUT2D eigenvalue weighted by atomic mass is 10.2. The van der Waals surface area contributed by atoms with Crippen molar-refractivity contribution in [2.45, 2.75) is 30.6 Å². The molecule has 158 valence electrons. The fraction of sp³-hybridized carbons (Fsp3) is 0.316. The van der Waals surface area contributed by atoms with Crippen LogP contribution in [-0.2, 0) is 27.5 Å². The van der Waals surface area contributed by atoms with Gasteiger partial charge in [0, 0.05) is 19.2 Å². The van der Waals surface area contributed by atoms with Crippen LogP contribution in [0.25, 0.3) is 0 Å². The van der Waals surface area contributed by atoms with Gasteiger partial charge in [-0.15, -0.1) is 0 Å². The van der Waals surface area contributed by atoms with Crippen LogP contribution in [0.15, 0.2) is 53.4 Å². The molecule has 0 radical (unpaired) electrons. The molecule has 2 aromatic carbocycles. The Morgan fingerprint density at radius 2 is 1.83 bits per heavy atom. The predicted octanol–water partition coefficient (Wildman–Crippen LogP) is 3.04. The molecule has 0 aliphatic rings. The lowest BCUT2D eigenvalue weighted by Crippen LogP contribution is -2.45. The first-order chi connectivity index (χ1) is 13.5. The molecule has 0 aromatic heterocycles. The molecule has 0 aliphatic heterocycles. The molecule has 0 bridgehead atoms. The lowest BCUT2D eigenvalue weighted by molar-refractivity contribution is -0.137. The summed E-state index contributed by atoms with van der Waals surface area (Å²) in [7, 11) is -1.35. The van der Waals surface area contributed by atoms with Crippen LogP contribution in [0.4, 0.5) is 13.2 Å². The average Bonchev–Trinajstić information content (AvgIpc) is 2.66. The van der Waals surface area contributed by atoms with E-state index in [-0.39, 0.29) is 6.54 Å². The molecule has 0 spiro atoms. The Balaban J connectivity index is 2.13. The van der Waals surface area contributed by atoms with Crippen LogP contribution in [-0.4, -0.2) is 39.4 Å². The summed E-state index contributed by atoms with van der Waals surface area (Å²) < 4.78 is 70.7. The normalized spacial score (nSPS) is 13.0. The maximum atomic E-state index is 12.8. The highest BCUT2D eigenvalue weighted by molar-refractivity contribution is 7.89. The zero-order chi connectivity index (χ0) is 21.8. The maximum Gasteiger partial charge on any atom is 0.416 e. The third-order valence-corrected chi connectivity index (χ3v) is 5.69. The Morgan fingerprint density at radius 3 is 2.45 bits per heavy atom. The summed E-state index contributed by atoms with van der Waals surface area (Å²) in [5.74, 6) is 0.0239. The average molecular weight is 430 g/mol. The quantitative estimate of drug-likeness (QED) is 0.733. The molecule has 0 heterocycles. The summed E-state index contributed by atoms with van der Waals surface area (Å²) in [4.78, 5) is 13.3. The van der Waals surface area contributed by atoms with E-state index in [9.17, 15) is 26.4 Å². The minimum absolute atomic E-state index is 0.165. The van der Waals surface area contributed by atoms with Gasteiger partial charge in [-0.2, -0.15) is 17.9 Å². The van der Waals surface area contributed by atoms with Gasteiger partial charge in [0.05, 0.1) is 23.6 Å². The second-order valence-corrected chi connectivity index (χ2v) is 8.09. The summed E-state index contributed by atoms with van der Waals surface area (Å²) >= 11 is 0. The van der Waals surface area contributed by atoms with Crippen molar-refractivity contribution in [2.24, 2.45) is 0 Å². The summed E-state index contributed by atoms with van der Waals surface area (Å²) in [6.07, 6.45) is -4.68. The highest BCUT2D eigenvalue weighted by Gasteiger charge is 2.32. The third kappa shape index (κ3) is 5.70. The van der Waals surface area contributed by atoms with Crippen molar-refractivity contribution in [2.75, 3.05) is 14.2 Å². The van der Waals surface area contributed by atoms with Crippen molar-refractivity contribution in [3.63, 3.8) is 0 Å². The number of methoxy groups -OCH3 is 1. The molecule has 6 nitrogen and oxygen atoms in total. The number of carbonyl (C=O) groups is 1. The monoisotopic (exact) mass is 430 g/mol. The molecule has 0 fully saturated rings. The van der Waals surface area contributed by atoms with Crippen LogP contribution in [0.1, 0.15) is 18.1 Å². The second-order valence-electron chi connectivity index (χ2n) is 6.37. The smallest absolute Gasteiger partial charge is 0.416 e. The number of rotatable bonds is 7. The van der Waals surface area contributed by atoms with Crippen LogP contribution < -0.4 is 9.46 Å². The van der Waals surface area contributed by atoms with E-state index in [0.717, 1.165) is 23.8 Å². The lowest BCUT2D eigenvalue weighted by Gasteiger charge is -2.23. The first-order valence-corrected chi connectivity index (χ1v) is 10.0. The predicted molar refractivity (Wildman–Crippen MR) is 101 cm³/mol. The van der Waals surface area contributed by atoms with Gasteiger partial charge >= 0.3 is 6.18 Å².